The van der Waals surface area contributed by atoms with Gasteiger partial charge >= 0.3 is 0 Å². The molecule has 0 fully saturated rings. The van der Waals surface area contributed by atoms with Gasteiger partial charge < -0.3 is 9.52 Å². The van der Waals surface area contributed by atoms with Crippen LogP contribution in [0, 0.1) is 19.7 Å². The van der Waals surface area contributed by atoms with E-state index in [2.05, 4.69) is 15.9 Å². The lowest BCUT2D eigenvalue weighted by Crippen LogP contribution is -2.04. The summed E-state index contributed by atoms with van der Waals surface area (Å²) in [5.74, 6) is -0.0924. The summed E-state index contributed by atoms with van der Waals surface area (Å²) in [5, 5.41) is 10.1. The third-order valence-electron chi connectivity index (χ3n) is 2.62. The Morgan fingerprint density at radius 3 is 2.53 bits per heavy atom. The lowest BCUT2D eigenvalue weighted by Gasteiger charge is -2.13. The third-order valence-corrected chi connectivity index (χ3v) is 3.04. The minimum Gasteiger partial charge on any atom is -0.451 e. The maximum Gasteiger partial charge on any atom is 0.169 e. The number of aliphatic hydroxyl groups excluding tert-OH is 1. The zero-order valence-electron chi connectivity index (χ0n) is 9.50. The molecule has 90 valence electrons. The van der Waals surface area contributed by atoms with Crippen molar-refractivity contribution in [1.82, 2.24) is 0 Å². The van der Waals surface area contributed by atoms with Crippen molar-refractivity contribution >= 4 is 15.9 Å². The molecule has 0 amide bonds. The smallest absolute Gasteiger partial charge is 0.169 e. The van der Waals surface area contributed by atoms with Gasteiger partial charge in [0.2, 0.25) is 0 Å². The van der Waals surface area contributed by atoms with Crippen molar-refractivity contribution in [2.45, 2.75) is 20.0 Å². The van der Waals surface area contributed by atoms with Gasteiger partial charge in [0.15, 0.2) is 4.67 Å². The molecule has 0 bridgehead atoms. The van der Waals surface area contributed by atoms with Gasteiger partial charge in [-0.1, -0.05) is 6.07 Å². The normalized spacial score (nSPS) is 12.8. The van der Waals surface area contributed by atoms with Gasteiger partial charge in [0.1, 0.15) is 17.7 Å². The van der Waals surface area contributed by atoms with Crippen molar-refractivity contribution < 1.29 is 13.9 Å². The summed E-state index contributed by atoms with van der Waals surface area (Å²) in [7, 11) is 0. The minimum atomic E-state index is -1.08. The SMILES string of the molecule is Cc1cc(C)c(C(O)c2ccc(Br)o2)c(F)c1. The summed E-state index contributed by atoms with van der Waals surface area (Å²) in [6.45, 7) is 3.59. The number of hydrogen-bond acceptors (Lipinski definition) is 2. The molecule has 0 saturated heterocycles. The van der Waals surface area contributed by atoms with E-state index >= 15 is 0 Å². The first-order chi connectivity index (χ1) is 7.99. The van der Waals surface area contributed by atoms with Crippen LogP contribution in [0.25, 0.3) is 0 Å². The molecule has 1 heterocycles. The van der Waals surface area contributed by atoms with Gasteiger partial charge in [-0.25, -0.2) is 4.39 Å². The molecule has 1 atom stereocenters. The van der Waals surface area contributed by atoms with Crippen LogP contribution < -0.4 is 0 Å². The fourth-order valence-electron chi connectivity index (χ4n) is 1.89. The molecule has 0 spiro atoms. The Kier molecular flexibility index (Phi) is 3.35. The van der Waals surface area contributed by atoms with Crippen molar-refractivity contribution in [3.8, 4) is 0 Å². The average Bonchev–Trinajstić information content (AvgIpc) is 2.63. The van der Waals surface area contributed by atoms with Crippen molar-refractivity contribution in [1.29, 1.82) is 0 Å². The predicted molar refractivity (Wildman–Crippen MR) is 66.3 cm³/mol. The van der Waals surface area contributed by atoms with E-state index in [1.807, 2.05) is 13.0 Å². The zero-order chi connectivity index (χ0) is 12.6. The monoisotopic (exact) mass is 298 g/mol. The first kappa shape index (κ1) is 12.3. The molecule has 0 saturated carbocycles. The summed E-state index contributed by atoms with van der Waals surface area (Å²) >= 11 is 3.15. The maximum absolute atomic E-state index is 13.8. The van der Waals surface area contributed by atoms with Crippen LogP contribution in [0.15, 0.2) is 33.4 Å². The van der Waals surface area contributed by atoms with E-state index in [1.54, 1.807) is 19.1 Å². The molecular weight excluding hydrogens is 287 g/mol. The Hall–Kier alpha value is -1.13. The van der Waals surface area contributed by atoms with Crippen molar-refractivity contribution in [3.05, 3.63) is 57.2 Å². The van der Waals surface area contributed by atoms with Crippen LogP contribution in [0.1, 0.15) is 28.6 Å². The Morgan fingerprint density at radius 2 is 2.00 bits per heavy atom. The number of halogens is 2. The summed E-state index contributed by atoms with van der Waals surface area (Å²) in [6, 6.07) is 6.52. The second-order valence-corrected chi connectivity index (χ2v) is 4.80. The van der Waals surface area contributed by atoms with Gasteiger partial charge in [0, 0.05) is 5.56 Å². The molecule has 0 radical (unpaired) electrons. The highest BCUT2D eigenvalue weighted by Gasteiger charge is 2.20. The van der Waals surface area contributed by atoms with E-state index in [9.17, 15) is 9.50 Å². The van der Waals surface area contributed by atoms with Gasteiger partial charge in [0.05, 0.1) is 0 Å². The standard InChI is InChI=1S/C13H12BrFO2/c1-7-5-8(2)12(9(15)6-7)13(16)10-3-4-11(14)17-10/h3-6,13,16H,1-2H3. The van der Waals surface area contributed by atoms with E-state index in [-0.39, 0.29) is 5.56 Å². The summed E-state index contributed by atoms with van der Waals surface area (Å²) in [4.78, 5) is 0. The molecule has 2 nitrogen and oxygen atoms in total. The zero-order valence-corrected chi connectivity index (χ0v) is 11.1. The lowest BCUT2D eigenvalue weighted by atomic mass is 9.99. The fourth-order valence-corrected chi connectivity index (χ4v) is 2.21. The van der Waals surface area contributed by atoms with Crippen LogP contribution in [-0.2, 0) is 0 Å². The van der Waals surface area contributed by atoms with E-state index in [0.29, 0.717) is 16.0 Å². The summed E-state index contributed by atoms with van der Waals surface area (Å²) in [5.41, 5.74) is 1.80. The molecule has 17 heavy (non-hydrogen) atoms. The molecule has 1 aromatic heterocycles. The maximum atomic E-state index is 13.8. The fraction of sp³-hybridized carbons (Fsp3) is 0.231. The minimum absolute atomic E-state index is 0.262. The molecule has 4 heteroatoms. The van der Waals surface area contributed by atoms with Gasteiger partial charge in [0.25, 0.3) is 0 Å². The van der Waals surface area contributed by atoms with Crippen LogP contribution in [0.4, 0.5) is 4.39 Å². The highest BCUT2D eigenvalue weighted by atomic mass is 79.9. The van der Waals surface area contributed by atoms with Crippen LogP contribution in [0.5, 0.6) is 0 Å². The van der Waals surface area contributed by atoms with Gasteiger partial charge in [-0.2, -0.15) is 0 Å². The topological polar surface area (TPSA) is 33.4 Å². The summed E-state index contributed by atoms with van der Waals surface area (Å²) < 4.78 is 19.6. The molecule has 1 N–H and O–H groups in total. The highest BCUT2D eigenvalue weighted by molar-refractivity contribution is 9.10. The number of rotatable bonds is 2. The van der Waals surface area contributed by atoms with E-state index in [1.165, 1.54) is 6.07 Å². The first-order valence-corrected chi connectivity index (χ1v) is 5.98. The van der Waals surface area contributed by atoms with Crippen molar-refractivity contribution in [2.24, 2.45) is 0 Å². The Labute approximate surface area is 107 Å². The molecule has 0 aliphatic heterocycles. The molecule has 1 aromatic carbocycles. The van der Waals surface area contributed by atoms with Crippen LogP contribution in [0.2, 0.25) is 0 Å². The molecule has 1 unspecified atom stereocenters. The quantitative estimate of drug-likeness (QED) is 0.913. The Bertz CT molecular complexity index is 525. The third kappa shape index (κ3) is 2.42. The largest absolute Gasteiger partial charge is 0.451 e. The van der Waals surface area contributed by atoms with Gasteiger partial charge in [-0.15, -0.1) is 0 Å². The average molecular weight is 299 g/mol. The van der Waals surface area contributed by atoms with Crippen LogP contribution in [0.3, 0.4) is 0 Å². The van der Waals surface area contributed by atoms with E-state index in [0.717, 1.165) is 5.56 Å². The molecule has 2 rings (SSSR count). The van der Waals surface area contributed by atoms with Crippen molar-refractivity contribution in [3.63, 3.8) is 0 Å². The highest BCUT2D eigenvalue weighted by Crippen LogP contribution is 2.30. The second kappa shape index (κ2) is 4.63. The van der Waals surface area contributed by atoms with Crippen LogP contribution in [-0.4, -0.2) is 5.11 Å². The first-order valence-electron chi connectivity index (χ1n) is 5.19. The van der Waals surface area contributed by atoms with Crippen molar-refractivity contribution in [2.75, 3.05) is 0 Å². The number of hydrogen-bond donors (Lipinski definition) is 1. The molecule has 0 aliphatic carbocycles. The Morgan fingerprint density at radius 1 is 1.29 bits per heavy atom. The van der Waals surface area contributed by atoms with E-state index in [4.69, 9.17) is 4.42 Å². The Balaban J connectivity index is 2.47. The number of aryl methyl sites for hydroxylation is 2. The predicted octanol–water partition coefficient (Wildman–Crippen LogP) is 3.88. The second-order valence-electron chi connectivity index (χ2n) is 4.02. The summed E-state index contributed by atoms with van der Waals surface area (Å²) in [6.07, 6.45) is -1.08. The van der Waals surface area contributed by atoms with Gasteiger partial charge in [-0.3, -0.25) is 0 Å². The molecule has 0 aliphatic rings. The molecular formula is C13H12BrFO2. The number of furan rings is 1. The lowest BCUT2D eigenvalue weighted by molar-refractivity contribution is 0.182. The molecule has 2 aromatic rings. The van der Waals surface area contributed by atoms with E-state index < -0.39 is 11.9 Å². The number of aliphatic hydroxyl groups is 1. The van der Waals surface area contributed by atoms with Crippen LogP contribution >= 0.6 is 15.9 Å². The van der Waals surface area contributed by atoms with Gasteiger partial charge in [-0.05, 0) is 59.1 Å². The number of benzene rings is 1.